The summed E-state index contributed by atoms with van der Waals surface area (Å²) >= 11 is 0. The number of allylic oxidation sites excluding steroid dienone is 1. The van der Waals surface area contributed by atoms with Crippen molar-refractivity contribution in [3.05, 3.63) is 12.2 Å². The van der Waals surface area contributed by atoms with Gasteiger partial charge in [-0.3, -0.25) is 0 Å². The highest BCUT2D eigenvalue weighted by Gasteiger charge is 2.38. The Morgan fingerprint density at radius 3 is 3.00 bits per heavy atom. The molecule has 1 nitrogen and oxygen atoms in total. The SMILES string of the molecule is C[C@H]1CCCC[C@]12CCC=CCO2. The van der Waals surface area contributed by atoms with Crippen LogP contribution in [0.15, 0.2) is 12.2 Å². The van der Waals surface area contributed by atoms with Crippen molar-refractivity contribution in [1.29, 1.82) is 0 Å². The molecule has 0 amide bonds. The standard InChI is InChI=1S/C12H20O/c1-11-7-3-5-9-12(11)8-4-2-6-10-13-12/h2,6,11H,3-5,7-10H2,1H3/t11-,12+/m0/s1. The molecule has 1 heterocycles. The lowest BCUT2D eigenvalue weighted by molar-refractivity contribution is -0.0949. The van der Waals surface area contributed by atoms with E-state index in [0.717, 1.165) is 12.5 Å². The Morgan fingerprint density at radius 1 is 1.23 bits per heavy atom. The van der Waals surface area contributed by atoms with Crippen LogP contribution in [0.3, 0.4) is 0 Å². The van der Waals surface area contributed by atoms with Crippen LogP contribution >= 0.6 is 0 Å². The highest BCUT2D eigenvalue weighted by molar-refractivity contribution is 4.96. The van der Waals surface area contributed by atoms with Crippen LogP contribution in [-0.2, 0) is 4.74 Å². The summed E-state index contributed by atoms with van der Waals surface area (Å²) < 4.78 is 6.06. The van der Waals surface area contributed by atoms with E-state index < -0.39 is 0 Å². The molecule has 2 atom stereocenters. The molecule has 13 heavy (non-hydrogen) atoms. The number of rotatable bonds is 0. The summed E-state index contributed by atoms with van der Waals surface area (Å²) in [5, 5.41) is 0. The lowest BCUT2D eigenvalue weighted by Crippen LogP contribution is -2.41. The molecule has 1 fully saturated rings. The lowest BCUT2D eigenvalue weighted by Gasteiger charge is -2.41. The van der Waals surface area contributed by atoms with E-state index >= 15 is 0 Å². The lowest BCUT2D eigenvalue weighted by atomic mass is 9.74. The molecule has 0 bridgehead atoms. The zero-order chi connectivity index (χ0) is 9.15. The first-order valence-corrected chi connectivity index (χ1v) is 5.62. The fourth-order valence-electron chi connectivity index (χ4n) is 2.77. The molecular formula is C12H20O. The minimum atomic E-state index is 0.238. The highest BCUT2D eigenvalue weighted by atomic mass is 16.5. The van der Waals surface area contributed by atoms with Gasteiger partial charge in [0.1, 0.15) is 0 Å². The predicted molar refractivity (Wildman–Crippen MR) is 54.7 cm³/mol. The summed E-state index contributed by atoms with van der Waals surface area (Å²) in [7, 11) is 0. The van der Waals surface area contributed by atoms with Gasteiger partial charge in [-0.1, -0.05) is 31.9 Å². The van der Waals surface area contributed by atoms with Crippen LogP contribution in [0.5, 0.6) is 0 Å². The quantitative estimate of drug-likeness (QED) is 0.520. The molecule has 2 aliphatic rings. The molecule has 0 saturated heterocycles. The maximum atomic E-state index is 6.06. The Balaban J connectivity index is 2.07. The van der Waals surface area contributed by atoms with Crippen molar-refractivity contribution in [1.82, 2.24) is 0 Å². The van der Waals surface area contributed by atoms with Gasteiger partial charge < -0.3 is 4.74 Å². The molecule has 1 aliphatic heterocycles. The molecule has 0 unspecified atom stereocenters. The number of hydrogen-bond donors (Lipinski definition) is 0. The first kappa shape index (κ1) is 9.26. The first-order chi connectivity index (χ1) is 6.33. The number of hydrogen-bond acceptors (Lipinski definition) is 1. The van der Waals surface area contributed by atoms with Crippen molar-refractivity contribution >= 4 is 0 Å². The van der Waals surface area contributed by atoms with Crippen LogP contribution < -0.4 is 0 Å². The molecule has 0 aromatic heterocycles. The smallest absolute Gasteiger partial charge is 0.0715 e. The van der Waals surface area contributed by atoms with E-state index in [0.29, 0.717) is 0 Å². The summed E-state index contributed by atoms with van der Waals surface area (Å²) in [5.74, 6) is 0.765. The van der Waals surface area contributed by atoms with E-state index in [2.05, 4.69) is 19.1 Å². The molecule has 0 N–H and O–H groups in total. The van der Waals surface area contributed by atoms with E-state index in [4.69, 9.17) is 4.74 Å². The van der Waals surface area contributed by atoms with Crippen molar-refractivity contribution in [2.45, 2.75) is 51.0 Å². The molecule has 1 aliphatic carbocycles. The maximum Gasteiger partial charge on any atom is 0.0715 e. The molecule has 0 radical (unpaired) electrons. The normalized spacial score (nSPS) is 40.5. The minimum Gasteiger partial charge on any atom is -0.371 e. The third kappa shape index (κ3) is 1.80. The summed E-state index contributed by atoms with van der Waals surface area (Å²) in [6.45, 7) is 3.20. The Bertz CT molecular complexity index is 185. The second-order valence-corrected chi connectivity index (χ2v) is 4.53. The van der Waals surface area contributed by atoms with Crippen molar-refractivity contribution in [2.24, 2.45) is 5.92 Å². The van der Waals surface area contributed by atoms with Gasteiger partial charge in [0.25, 0.3) is 0 Å². The Labute approximate surface area is 81.2 Å². The zero-order valence-electron chi connectivity index (χ0n) is 8.59. The van der Waals surface area contributed by atoms with Crippen molar-refractivity contribution in [3.8, 4) is 0 Å². The van der Waals surface area contributed by atoms with Gasteiger partial charge in [-0.05, 0) is 31.6 Å². The van der Waals surface area contributed by atoms with Crippen LogP contribution in [0.25, 0.3) is 0 Å². The van der Waals surface area contributed by atoms with Crippen molar-refractivity contribution < 1.29 is 4.74 Å². The molecule has 0 aromatic carbocycles. The number of ether oxygens (including phenoxy) is 1. The third-order valence-electron chi connectivity index (χ3n) is 3.75. The fourth-order valence-corrected chi connectivity index (χ4v) is 2.77. The van der Waals surface area contributed by atoms with Crippen LogP contribution in [-0.4, -0.2) is 12.2 Å². The maximum absolute atomic E-state index is 6.06. The van der Waals surface area contributed by atoms with Gasteiger partial charge in [-0.25, -0.2) is 0 Å². The van der Waals surface area contributed by atoms with Gasteiger partial charge >= 0.3 is 0 Å². The van der Waals surface area contributed by atoms with Gasteiger partial charge in [-0.2, -0.15) is 0 Å². The van der Waals surface area contributed by atoms with Gasteiger partial charge in [-0.15, -0.1) is 0 Å². The van der Waals surface area contributed by atoms with Gasteiger partial charge in [0.2, 0.25) is 0 Å². The fraction of sp³-hybridized carbons (Fsp3) is 0.833. The Hall–Kier alpha value is -0.300. The Morgan fingerprint density at radius 2 is 2.15 bits per heavy atom. The molecule has 1 saturated carbocycles. The van der Waals surface area contributed by atoms with E-state index in [9.17, 15) is 0 Å². The average molecular weight is 180 g/mol. The first-order valence-electron chi connectivity index (χ1n) is 5.62. The average Bonchev–Trinajstić information content (AvgIpc) is 2.37. The van der Waals surface area contributed by atoms with Crippen molar-refractivity contribution in [2.75, 3.05) is 6.61 Å². The molecular weight excluding hydrogens is 160 g/mol. The van der Waals surface area contributed by atoms with E-state index in [1.54, 1.807) is 0 Å². The van der Waals surface area contributed by atoms with Gasteiger partial charge in [0.15, 0.2) is 0 Å². The topological polar surface area (TPSA) is 9.23 Å². The summed E-state index contributed by atoms with van der Waals surface area (Å²) in [4.78, 5) is 0. The molecule has 1 spiro atoms. The zero-order valence-corrected chi connectivity index (χ0v) is 8.59. The summed E-state index contributed by atoms with van der Waals surface area (Å²) in [6.07, 6.45) is 12.3. The van der Waals surface area contributed by atoms with Crippen LogP contribution in [0.4, 0.5) is 0 Å². The van der Waals surface area contributed by atoms with E-state index in [1.807, 2.05) is 0 Å². The predicted octanol–water partition coefficient (Wildman–Crippen LogP) is 3.30. The van der Waals surface area contributed by atoms with E-state index in [-0.39, 0.29) is 5.60 Å². The summed E-state index contributed by atoms with van der Waals surface area (Å²) in [5.41, 5.74) is 0.238. The largest absolute Gasteiger partial charge is 0.371 e. The molecule has 0 aromatic rings. The summed E-state index contributed by atoms with van der Waals surface area (Å²) in [6, 6.07) is 0. The van der Waals surface area contributed by atoms with E-state index in [1.165, 1.54) is 38.5 Å². The van der Waals surface area contributed by atoms with Gasteiger partial charge in [0.05, 0.1) is 12.2 Å². The molecule has 2 rings (SSSR count). The monoisotopic (exact) mass is 180 g/mol. The van der Waals surface area contributed by atoms with Crippen LogP contribution in [0, 0.1) is 5.92 Å². The second kappa shape index (κ2) is 3.83. The minimum absolute atomic E-state index is 0.238. The molecule has 74 valence electrons. The van der Waals surface area contributed by atoms with Gasteiger partial charge in [0, 0.05) is 0 Å². The Kier molecular flexibility index (Phi) is 2.73. The second-order valence-electron chi connectivity index (χ2n) is 4.53. The van der Waals surface area contributed by atoms with Crippen LogP contribution in [0.2, 0.25) is 0 Å². The van der Waals surface area contributed by atoms with Crippen molar-refractivity contribution in [3.63, 3.8) is 0 Å². The highest BCUT2D eigenvalue weighted by Crippen LogP contribution is 2.40. The molecule has 1 heteroatoms. The van der Waals surface area contributed by atoms with Crippen LogP contribution in [0.1, 0.15) is 45.4 Å². The third-order valence-corrected chi connectivity index (χ3v) is 3.75.